The van der Waals surface area contributed by atoms with Crippen molar-refractivity contribution in [3.05, 3.63) is 23.7 Å². The number of hydrogen-bond acceptors (Lipinski definition) is 3. The van der Waals surface area contributed by atoms with E-state index in [1.165, 1.54) is 0 Å². The molecule has 1 fully saturated rings. The number of furan rings is 1. The third kappa shape index (κ3) is 3.12. The lowest BCUT2D eigenvalue weighted by Gasteiger charge is -2.24. The molecule has 0 atom stereocenters. The maximum absolute atomic E-state index is 5.37. The van der Waals surface area contributed by atoms with Crippen molar-refractivity contribution >= 4 is 0 Å². The molecule has 1 N–H and O–H groups in total. The lowest BCUT2D eigenvalue weighted by atomic mass is 10.3. The zero-order chi connectivity index (χ0) is 10.5. The molecular formula is C12H16N2O. The smallest absolute Gasteiger partial charge is 0.177 e. The summed E-state index contributed by atoms with van der Waals surface area (Å²) in [7, 11) is 0. The van der Waals surface area contributed by atoms with Gasteiger partial charge in [0.1, 0.15) is 5.76 Å². The van der Waals surface area contributed by atoms with Crippen molar-refractivity contribution in [2.75, 3.05) is 32.7 Å². The first kappa shape index (κ1) is 10.3. The van der Waals surface area contributed by atoms with E-state index in [-0.39, 0.29) is 0 Å². The first-order valence-corrected chi connectivity index (χ1v) is 5.33. The molecule has 1 saturated heterocycles. The van der Waals surface area contributed by atoms with Crippen LogP contribution in [-0.4, -0.2) is 37.6 Å². The van der Waals surface area contributed by atoms with Crippen LogP contribution in [-0.2, 0) is 0 Å². The van der Waals surface area contributed by atoms with E-state index in [1.807, 2.05) is 19.1 Å². The van der Waals surface area contributed by atoms with Gasteiger partial charge in [0.2, 0.25) is 0 Å². The van der Waals surface area contributed by atoms with Gasteiger partial charge in [-0.15, -0.1) is 0 Å². The molecule has 0 aromatic carbocycles. The summed E-state index contributed by atoms with van der Waals surface area (Å²) in [4.78, 5) is 2.35. The number of nitrogens with one attached hydrogen (secondary N) is 1. The summed E-state index contributed by atoms with van der Waals surface area (Å²) in [5.74, 6) is 7.86. The van der Waals surface area contributed by atoms with Crippen molar-refractivity contribution in [2.24, 2.45) is 0 Å². The molecule has 3 nitrogen and oxygen atoms in total. The van der Waals surface area contributed by atoms with E-state index in [0.717, 1.165) is 44.2 Å². The minimum atomic E-state index is 0.766. The van der Waals surface area contributed by atoms with Crippen molar-refractivity contribution in [1.82, 2.24) is 10.2 Å². The average molecular weight is 204 g/mol. The van der Waals surface area contributed by atoms with E-state index in [0.29, 0.717) is 0 Å². The quantitative estimate of drug-likeness (QED) is 0.687. The van der Waals surface area contributed by atoms with Crippen molar-refractivity contribution in [3.63, 3.8) is 0 Å². The summed E-state index contributed by atoms with van der Waals surface area (Å²) in [6.45, 7) is 7.09. The first-order valence-electron chi connectivity index (χ1n) is 5.33. The van der Waals surface area contributed by atoms with E-state index in [9.17, 15) is 0 Å². The lowest BCUT2D eigenvalue weighted by Crippen LogP contribution is -2.43. The third-order valence-electron chi connectivity index (χ3n) is 2.46. The van der Waals surface area contributed by atoms with Gasteiger partial charge >= 0.3 is 0 Å². The van der Waals surface area contributed by atoms with Gasteiger partial charge < -0.3 is 9.73 Å². The monoisotopic (exact) mass is 204 g/mol. The highest BCUT2D eigenvalue weighted by molar-refractivity contribution is 5.26. The topological polar surface area (TPSA) is 28.4 Å². The van der Waals surface area contributed by atoms with E-state index in [1.54, 1.807) is 0 Å². The molecule has 0 saturated carbocycles. The maximum Gasteiger partial charge on any atom is 0.177 e. The Bertz CT molecular complexity index is 366. The molecule has 1 aromatic rings. The number of hydrogen-bond donors (Lipinski definition) is 1. The van der Waals surface area contributed by atoms with Crippen LogP contribution in [0.5, 0.6) is 0 Å². The number of aryl methyl sites for hydroxylation is 1. The van der Waals surface area contributed by atoms with Gasteiger partial charge in [0, 0.05) is 26.2 Å². The Morgan fingerprint density at radius 1 is 1.40 bits per heavy atom. The van der Waals surface area contributed by atoms with Gasteiger partial charge in [-0.3, -0.25) is 4.90 Å². The minimum absolute atomic E-state index is 0.766. The van der Waals surface area contributed by atoms with Crippen LogP contribution in [0.15, 0.2) is 16.5 Å². The summed E-state index contributed by atoms with van der Waals surface area (Å²) < 4.78 is 5.37. The van der Waals surface area contributed by atoms with Crippen LogP contribution in [0.4, 0.5) is 0 Å². The second kappa shape index (κ2) is 5.01. The molecule has 0 spiro atoms. The molecule has 0 radical (unpaired) electrons. The number of piperazine rings is 1. The Labute approximate surface area is 90.4 Å². The zero-order valence-electron chi connectivity index (χ0n) is 9.05. The largest absolute Gasteiger partial charge is 0.453 e. The van der Waals surface area contributed by atoms with E-state index in [4.69, 9.17) is 4.42 Å². The SMILES string of the molecule is Cc1ccc(C#CCN2CCNCC2)o1. The molecule has 2 heterocycles. The van der Waals surface area contributed by atoms with Crippen LogP contribution >= 0.6 is 0 Å². The van der Waals surface area contributed by atoms with Crippen molar-refractivity contribution in [1.29, 1.82) is 0 Å². The van der Waals surface area contributed by atoms with Crippen LogP contribution in [0.3, 0.4) is 0 Å². The Morgan fingerprint density at radius 2 is 2.20 bits per heavy atom. The second-order valence-corrected chi connectivity index (χ2v) is 3.74. The van der Waals surface area contributed by atoms with Crippen LogP contribution in [0, 0.1) is 18.8 Å². The molecule has 0 bridgehead atoms. The van der Waals surface area contributed by atoms with Gasteiger partial charge in [0.05, 0.1) is 6.54 Å². The summed E-state index contributed by atoms with van der Waals surface area (Å²) in [6, 6.07) is 3.86. The van der Waals surface area contributed by atoms with Gasteiger partial charge in [-0.2, -0.15) is 0 Å². The summed E-state index contributed by atoms with van der Waals surface area (Å²) in [5.41, 5.74) is 0. The van der Waals surface area contributed by atoms with Crippen molar-refractivity contribution in [3.8, 4) is 11.8 Å². The first-order chi connectivity index (χ1) is 7.34. The van der Waals surface area contributed by atoms with Crippen LogP contribution in [0.25, 0.3) is 0 Å². The van der Waals surface area contributed by atoms with Crippen molar-refractivity contribution in [2.45, 2.75) is 6.92 Å². The number of nitrogens with zero attached hydrogens (tertiary/aromatic N) is 1. The van der Waals surface area contributed by atoms with Crippen LogP contribution < -0.4 is 5.32 Å². The summed E-state index contributed by atoms with van der Waals surface area (Å²) in [5, 5.41) is 3.32. The molecular weight excluding hydrogens is 188 g/mol. The van der Waals surface area contributed by atoms with Gasteiger partial charge in [0.15, 0.2) is 5.76 Å². The molecule has 80 valence electrons. The maximum atomic E-state index is 5.37. The highest BCUT2D eigenvalue weighted by Gasteiger charge is 2.06. The lowest BCUT2D eigenvalue weighted by molar-refractivity contribution is 0.268. The molecule has 0 unspecified atom stereocenters. The predicted octanol–water partition coefficient (Wildman–Crippen LogP) is 0.845. The van der Waals surface area contributed by atoms with Gasteiger partial charge in [-0.05, 0) is 25.0 Å². The summed E-state index contributed by atoms with van der Waals surface area (Å²) in [6.07, 6.45) is 0. The second-order valence-electron chi connectivity index (χ2n) is 3.74. The fourth-order valence-electron chi connectivity index (χ4n) is 1.61. The minimum Gasteiger partial charge on any atom is -0.453 e. The zero-order valence-corrected chi connectivity index (χ0v) is 9.05. The fraction of sp³-hybridized carbons (Fsp3) is 0.500. The highest BCUT2D eigenvalue weighted by atomic mass is 16.3. The van der Waals surface area contributed by atoms with E-state index in [2.05, 4.69) is 22.1 Å². The third-order valence-corrected chi connectivity index (χ3v) is 2.46. The molecule has 1 aromatic heterocycles. The Hall–Kier alpha value is -1.24. The fourth-order valence-corrected chi connectivity index (χ4v) is 1.61. The van der Waals surface area contributed by atoms with Crippen LogP contribution in [0.2, 0.25) is 0 Å². The van der Waals surface area contributed by atoms with E-state index < -0.39 is 0 Å². The molecule has 15 heavy (non-hydrogen) atoms. The molecule has 3 heteroatoms. The Morgan fingerprint density at radius 3 is 2.87 bits per heavy atom. The standard InChI is InChI=1S/C12H16N2O/c1-11-4-5-12(15-11)3-2-8-14-9-6-13-7-10-14/h4-5,13H,6-10H2,1H3. The van der Waals surface area contributed by atoms with E-state index >= 15 is 0 Å². The molecule has 0 amide bonds. The Kier molecular flexibility index (Phi) is 3.44. The highest BCUT2D eigenvalue weighted by Crippen LogP contribution is 2.03. The molecule has 0 aliphatic carbocycles. The normalized spacial score (nSPS) is 17.1. The Balaban J connectivity index is 1.84. The average Bonchev–Trinajstić information content (AvgIpc) is 2.66. The predicted molar refractivity (Wildman–Crippen MR) is 59.6 cm³/mol. The molecule has 2 rings (SSSR count). The van der Waals surface area contributed by atoms with Gasteiger partial charge in [-0.25, -0.2) is 0 Å². The van der Waals surface area contributed by atoms with Crippen molar-refractivity contribution < 1.29 is 4.42 Å². The van der Waals surface area contributed by atoms with Gasteiger partial charge in [-0.1, -0.05) is 5.92 Å². The summed E-state index contributed by atoms with van der Waals surface area (Å²) >= 11 is 0. The molecule has 1 aliphatic rings. The number of rotatable bonds is 1. The molecule has 1 aliphatic heterocycles. The van der Waals surface area contributed by atoms with Crippen LogP contribution in [0.1, 0.15) is 11.5 Å². The van der Waals surface area contributed by atoms with Gasteiger partial charge in [0.25, 0.3) is 0 Å².